The summed E-state index contributed by atoms with van der Waals surface area (Å²) in [6.07, 6.45) is 7.31. The first-order chi connectivity index (χ1) is 8.20. The van der Waals surface area contributed by atoms with E-state index in [9.17, 15) is 0 Å². The second kappa shape index (κ2) is 5.16. The molecule has 0 bridgehead atoms. The molecule has 5 heteroatoms. The number of aryl methyl sites for hydroxylation is 1. The molecule has 0 aromatic carbocycles. The number of hydrogen-bond donors (Lipinski definition) is 1. The van der Waals surface area contributed by atoms with Gasteiger partial charge in [0.2, 0.25) is 0 Å². The molecule has 2 N–H and O–H groups in total. The van der Waals surface area contributed by atoms with Crippen LogP contribution in [0.1, 0.15) is 17.2 Å². The minimum Gasteiger partial charge on any atom is -0.472 e. The van der Waals surface area contributed by atoms with Gasteiger partial charge in [-0.1, -0.05) is 0 Å². The number of rotatable bonds is 5. The number of nitrogens with two attached hydrogens (primary N) is 1. The number of likely N-dealkylation sites (N-methyl/N-ethyl adjacent to an activating group) is 1. The van der Waals surface area contributed by atoms with Crippen LogP contribution in [-0.4, -0.2) is 28.3 Å². The molecule has 0 aliphatic heterocycles. The normalized spacial score (nSPS) is 13.2. The summed E-state index contributed by atoms with van der Waals surface area (Å²) in [6.45, 7) is 1.38. The molecule has 0 aliphatic carbocycles. The van der Waals surface area contributed by atoms with Crippen LogP contribution >= 0.6 is 0 Å². The number of furan rings is 1. The molecule has 0 fully saturated rings. The Kier molecular flexibility index (Phi) is 3.61. The average molecular weight is 234 g/mol. The van der Waals surface area contributed by atoms with E-state index < -0.39 is 0 Å². The zero-order valence-corrected chi connectivity index (χ0v) is 10.2. The topological polar surface area (TPSA) is 60.2 Å². The van der Waals surface area contributed by atoms with Crippen LogP contribution in [0.4, 0.5) is 0 Å². The van der Waals surface area contributed by atoms with E-state index in [1.807, 2.05) is 25.5 Å². The molecule has 5 nitrogen and oxygen atoms in total. The third kappa shape index (κ3) is 2.75. The van der Waals surface area contributed by atoms with Gasteiger partial charge in [-0.25, -0.2) is 0 Å². The Bertz CT molecular complexity index is 449. The van der Waals surface area contributed by atoms with Crippen LogP contribution in [0.25, 0.3) is 0 Å². The van der Waals surface area contributed by atoms with Crippen LogP contribution in [-0.2, 0) is 13.6 Å². The zero-order chi connectivity index (χ0) is 12.3. The van der Waals surface area contributed by atoms with Gasteiger partial charge in [-0.15, -0.1) is 0 Å². The lowest BCUT2D eigenvalue weighted by Gasteiger charge is -2.25. The second-order valence-corrected chi connectivity index (χ2v) is 4.25. The first kappa shape index (κ1) is 11.9. The standard InChI is InChI=1S/C12H18N4O/c1-15(7-10-3-4-17-9-10)12(5-13)11-6-14-16(2)8-11/h3-4,6,8-9,12H,5,7,13H2,1-2H3. The van der Waals surface area contributed by atoms with Crippen molar-refractivity contribution in [1.29, 1.82) is 0 Å². The lowest BCUT2D eigenvalue weighted by atomic mass is 10.1. The van der Waals surface area contributed by atoms with E-state index in [2.05, 4.69) is 17.0 Å². The van der Waals surface area contributed by atoms with Crippen molar-refractivity contribution < 1.29 is 4.42 Å². The molecule has 0 radical (unpaired) electrons. The van der Waals surface area contributed by atoms with E-state index in [0.717, 1.165) is 17.7 Å². The average Bonchev–Trinajstić information content (AvgIpc) is 2.91. The highest BCUT2D eigenvalue weighted by Crippen LogP contribution is 2.19. The minimum atomic E-state index is 0.179. The Morgan fingerprint density at radius 1 is 1.59 bits per heavy atom. The van der Waals surface area contributed by atoms with Crippen molar-refractivity contribution >= 4 is 0 Å². The quantitative estimate of drug-likeness (QED) is 0.843. The highest BCUT2D eigenvalue weighted by molar-refractivity contribution is 5.12. The summed E-state index contributed by atoms with van der Waals surface area (Å²) in [5, 5.41) is 4.18. The van der Waals surface area contributed by atoms with Crippen LogP contribution in [0.3, 0.4) is 0 Å². The second-order valence-electron chi connectivity index (χ2n) is 4.25. The summed E-state index contributed by atoms with van der Waals surface area (Å²) in [4.78, 5) is 2.20. The molecular formula is C12H18N4O. The van der Waals surface area contributed by atoms with Crippen molar-refractivity contribution in [2.45, 2.75) is 12.6 Å². The number of nitrogens with zero attached hydrogens (tertiary/aromatic N) is 3. The molecule has 92 valence electrons. The molecule has 2 aromatic rings. The summed E-state index contributed by atoms with van der Waals surface area (Å²) in [7, 11) is 3.96. The van der Waals surface area contributed by atoms with Gasteiger partial charge in [0.25, 0.3) is 0 Å². The maximum absolute atomic E-state index is 5.84. The van der Waals surface area contributed by atoms with E-state index in [4.69, 9.17) is 10.2 Å². The van der Waals surface area contributed by atoms with Gasteiger partial charge in [-0.2, -0.15) is 5.10 Å². The van der Waals surface area contributed by atoms with Crippen molar-refractivity contribution in [3.63, 3.8) is 0 Å². The van der Waals surface area contributed by atoms with Crippen molar-refractivity contribution in [3.8, 4) is 0 Å². The minimum absolute atomic E-state index is 0.179. The maximum atomic E-state index is 5.84. The zero-order valence-electron chi connectivity index (χ0n) is 10.2. The van der Waals surface area contributed by atoms with Gasteiger partial charge in [0.05, 0.1) is 24.8 Å². The molecule has 1 unspecified atom stereocenters. The van der Waals surface area contributed by atoms with Crippen LogP contribution in [0, 0.1) is 0 Å². The van der Waals surface area contributed by atoms with Gasteiger partial charge in [0.1, 0.15) is 0 Å². The fraction of sp³-hybridized carbons (Fsp3) is 0.417. The highest BCUT2D eigenvalue weighted by Gasteiger charge is 2.17. The van der Waals surface area contributed by atoms with Crippen LogP contribution in [0.15, 0.2) is 35.4 Å². The van der Waals surface area contributed by atoms with E-state index in [-0.39, 0.29) is 6.04 Å². The summed E-state index contributed by atoms with van der Waals surface area (Å²) in [5.41, 5.74) is 8.13. The Morgan fingerprint density at radius 3 is 2.94 bits per heavy atom. The number of aromatic nitrogens is 2. The van der Waals surface area contributed by atoms with Gasteiger partial charge in [-0.3, -0.25) is 9.58 Å². The molecule has 1 atom stereocenters. The van der Waals surface area contributed by atoms with Crippen LogP contribution in [0.5, 0.6) is 0 Å². The first-order valence-corrected chi connectivity index (χ1v) is 5.60. The largest absolute Gasteiger partial charge is 0.472 e. The Hall–Kier alpha value is -1.59. The fourth-order valence-corrected chi connectivity index (χ4v) is 1.96. The Labute approximate surface area is 101 Å². The van der Waals surface area contributed by atoms with Gasteiger partial charge >= 0.3 is 0 Å². The molecule has 0 saturated heterocycles. The lowest BCUT2D eigenvalue weighted by molar-refractivity contribution is 0.241. The predicted octanol–water partition coefficient (Wildman–Crippen LogP) is 1.14. The summed E-state index contributed by atoms with van der Waals surface area (Å²) in [5.74, 6) is 0. The van der Waals surface area contributed by atoms with Crippen molar-refractivity contribution in [2.75, 3.05) is 13.6 Å². The van der Waals surface area contributed by atoms with E-state index in [0.29, 0.717) is 6.54 Å². The van der Waals surface area contributed by atoms with Crippen molar-refractivity contribution in [3.05, 3.63) is 42.1 Å². The third-order valence-electron chi connectivity index (χ3n) is 2.88. The van der Waals surface area contributed by atoms with E-state index >= 15 is 0 Å². The molecular weight excluding hydrogens is 216 g/mol. The van der Waals surface area contributed by atoms with Crippen molar-refractivity contribution in [2.24, 2.45) is 12.8 Å². The molecule has 2 aromatic heterocycles. The SMILES string of the molecule is CN(Cc1ccoc1)C(CN)c1cnn(C)c1. The molecule has 2 rings (SSSR count). The maximum Gasteiger partial charge on any atom is 0.0947 e. The molecule has 17 heavy (non-hydrogen) atoms. The fourth-order valence-electron chi connectivity index (χ4n) is 1.96. The predicted molar refractivity (Wildman–Crippen MR) is 65.2 cm³/mol. The van der Waals surface area contributed by atoms with Gasteiger partial charge in [-0.05, 0) is 13.1 Å². The lowest BCUT2D eigenvalue weighted by Crippen LogP contribution is -2.29. The summed E-state index contributed by atoms with van der Waals surface area (Å²) < 4.78 is 6.86. The summed E-state index contributed by atoms with van der Waals surface area (Å²) in [6, 6.07) is 2.14. The number of hydrogen-bond acceptors (Lipinski definition) is 4. The van der Waals surface area contributed by atoms with Crippen molar-refractivity contribution in [1.82, 2.24) is 14.7 Å². The Morgan fingerprint density at radius 2 is 2.41 bits per heavy atom. The Balaban J connectivity index is 2.07. The first-order valence-electron chi connectivity index (χ1n) is 5.60. The monoisotopic (exact) mass is 234 g/mol. The van der Waals surface area contributed by atoms with E-state index in [1.54, 1.807) is 17.2 Å². The van der Waals surface area contributed by atoms with Gasteiger partial charge in [0.15, 0.2) is 0 Å². The molecule has 0 amide bonds. The molecule has 0 spiro atoms. The molecule has 0 saturated carbocycles. The van der Waals surface area contributed by atoms with E-state index in [1.165, 1.54) is 0 Å². The molecule has 0 aliphatic rings. The third-order valence-corrected chi connectivity index (χ3v) is 2.88. The van der Waals surface area contributed by atoms with Crippen LogP contribution < -0.4 is 5.73 Å². The van der Waals surface area contributed by atoms with Gasteiger partial charge in [0, 0.05) is 37.5 Å². The summed E-state index contributed by atoms with van der Waals surface area (Å²) >= 11 is 0. The van der Waals surface area contributed by atoms with Crippen LogP contribution in [0.2, 0.25) is 0 Å². The highest BCUT2D eigenvalue weighted by atomic mass is 16.3. The van der Waals surface area contributed by atoms with Gasteiger partial charge < -0.3 is 10.2 Å². The molecule has 2 heterocycles. The smallest absolute Gasteiger partial charge is 0.0947 e.